The Kier molecular flexibility index (Phi) is 1.84. The molecule has 0 spiro atoms. The predicted octanol–water partition coefficient (Wildman–Crippen LogP) is 1.36. The summed E-state index contributed by atoms with van der Waals surface area (Å²) in [5.41, 5.74) is 0.666. The van der Waals surface area contributed by atoms with E-state index in [0.29, 0.717) is 22.9 Å². The molecule has 2 nitrogen and oxygen atoms in total. The monoisotopic (exact) mass is 185 g/mol. The van der Waals surface area contributed by atoms with Crippen LogP contribution in [0.3, 0.4) is 0 Å². The SMILES string of the molecule is O=S1CCNc2cc(F)ccc21. The first-order chi connectivity index (χ1) is 5.77. The van der Waals surface area contributed by atoms with E-state index in [9.17, 15) is 8.60 Å². The highest BCUT2D eigenvalue weighted by molar-refractivity contribution is 7.85. The van der Waals surface area contributed by atoms with Gasteiger partial charge in [0.2, 0.25) is 0 Å². The maximum atomic E-state index is 12.7. The molecule has 0 fully saturated rings. The number of fused-ring (bicyclic) bond motifs is 1. The predicted molar refractivity (Wildman–Crippen MR) is 46.2 cm³/mol. The summed E-state index contributed by atoms with van der Waals surface area (Å²) in [5, 5.41) is 3.00. The summed E-state index contributed by atoms with van der Waals surface area (Å²) in [6.45, 7) is 0.656. The van der Waals surface area contributed by atoms with Gasteiger partial charge in [-0.15, -0.1) is 0 Å². The van der Waals surface area contributed by atoms with Gasteiger partial charge >= 0.3 is 0 Å². The average Bonchev–Trinajstić information content (AvgIpc) is 2.04. The van der Waals surface area contributed by atoms with Crippen LogP contribution in [0.2, 0.25) is 0 Å². The van der Waals surface area contributed by atoms with Gasteiger partial charge in [-0.05, 0) is 18.2 Å². The van der Waals surface area contributed by atoms with Crippen LogP contribution in [0.5, 0.6) is 0 Å². The van der Waals surface area contributed by atoms with E-state index in [1.165, 1.54) is 12.1 Å². The zero-order chi connectivity index (χ0) is 8.55. The Morgan fingerprint density at radius 1 is 1.50 bits per heavy atom. The maximum Gasteiger partial charge on any atom is 0.125 e. The van der Waals surface area contributed by atoms with E-state index >= 15 is 0 Å². The van der Waals surface area contributed by atoms with Crippen LogP contribution in [-0.2, 0) is 10.8 Å². The summed E-state index contributed by atoms with van der Waals surface area (Å²) in [5.74, 6) is 0.318. The summed E-state index contributed by atoms with van der Waals surface area (Å²) in [7, 11) is -0.953. The Labute approximate surface area is 72.2 Å². The molecule has 1 N–H and O–H groups in total. The minimum Gasteiger partial charge on any atom is -0.383 e. The van der Waals surface area contributed by atoms with E-state index in [-0.39, 0.29) is 5.82 Å². The molecule has 1 aliphatic rings. The molecule has 0 radical (unpaired) electrons. The molecule has 4 heteroatoms. The summed E-state index contributed by atoms with van der Waals surface area (Å²) in [6, 6.07) is 4.29. The number of halogens is 1. The Balaban J connectivity index is 2.53. The van der Waals surface area contributed by atoms with E-state index in [2.05, 4.69) is 5.32 Å². The number of anilines is 1. The van der Waals surface area contributed by atoms with Crippen molar-refractivity contribution >= 4 is 16.5 Å². The van der Waals surface area contributed by atoms with Crippen LogP contribution in [0.25, 0.3) is 0 Å². The highest BCUT2D eigenvalue weighted by atomic mass is 32.2. The Bertz CT molecular complexity index is 340. The third-order valence-electron chi connectivity index (χ3n) is 1.79. The highest BCUT2D eigenvalue weighted by Gasteiger charge is 2.14. The van der Waals surface area contributed by atoms with Gasteiger partial charge in [-0.2, -0.15) is 0 Å². The molecule has 0 bridgehead atoms. The molecule has 1 heterocycles. The van der Waals surface area contributed by atoms with Crippen molar-refractivity contribution < 1.29 is 8.60 Å². The molecule has 12 heavy (non-hydrogen) atoms. The molecule has 1 aliphatic heterocycles. The number of hydrogen-bond donors (Lipinski definition) is 1. The lowest BCUT2D eigenvalue weighted by molar-refractivity contribution is 0.626. The largest absolute Gasteiger partial charge is 0.383 e. The summed E-state index contributed by atoms with van der Waals surface area (Å²) < 4.78 is 24.0. The van der Waals surface area contributed by atoms with E-state index in [1.807, 2.05) is 0 Å². The highest BCUT2D eigenvalue weighted by Crippen LogP contribution is 2.23. The smallest absolute Gasteiger partial charge is 0.125 e. The molecular weight excluding hydrogens is 177 g/mol. The Hall–Kier alpha value is -0.900. The van der Waals surface area contributed by atoms with Crippen molar-refractivity contribution in [2.24, 2.45) is 0 Å². The van der Waals surface area contributed by atoms with Crippen molar-refractivity contribution in [1.29, 1.82) is 0 Å². The van der Waals surface area contributed by atoms with E-state index in [0.717, 1.165) is 0 Å². The minimum atomic E-state index is -0.953. The van der Waals surface area contributed by atoms with Gasteiger partial charge in [-0.3, -0.25) is 4.21 Å². The third-order valence-corrected chi connectivity index (χ3v) is 3.21. The molecule has 0 aromatic heterocycles. The molecule has 1 aromatic rings. The van der Waals surface area contributed by atoms with Crippen LogP contribution < -0.4 is 5.32 Å². The summed E-state index contributed by atoms with van der Waals surface area (Å²) >= 11 is 0. The van der Waals surface area contributed by atoms with Crippen LogP contribution >= 0.6 is 0 Å². The van der Waals surface area contributed by atoms with Gasteiger partial charge in [0.15, 0.2) is 0 Å². The zero-order valence-corrected chi connectivity index (χ0v) is 7.16. The second-order valence-corrected chi connectivity index (χ2v) is 4.16. The lowest BCUT2D eigenvalue weighted by Gasteiger charge is -2.16. The van der Waals surface area contributed by atoms with Gasteiger partial charge in [-0.25, -0.2) is 4.39 Å². The van der Waals surface area contributed by atoms with Crippen molar-refractivity contribution in [3.05, 3.63) is 24.0 Å². The van der Waals surface area contributed by atoms with E-state index in [4.69, 9.17) is 0 Å². The van der Waals surface area contributed by atoms with Crippen LogP contribution in [-0.4, -0.2) is 16.5 Å². The lowest BCUT2D eigenvalue weighted by Crippen LogP contribution is -2.18. The second kappa shape index (κ2) is 2.86. The normalized spacial score (nSPS) is 21.2. The topological polar surface area (TPSA) is 29.1 Å². The molecule has 64 valence electrons. The van der Waals surface area contributed by atoms with Crippen molar-refractivity contribution in [3.63, 3.8) is 0 Å². The van der Waals surface area contributed by atoms with E-state index < -0.39 is 10.8 Å². The van der Waals surface area contributed by atoms with Crippen molar-refractivity contribution in [3.8, 4) is 0 Å². The first kappa shape index (κ1) is 7.73. The van der Waals surface area contributed by atoms with Crippen LogP contribution in [0.1, 0.15) is 0 Å². The van der Waals surface area contributed by atoms with Crippen molar-refractivity contribution in [2.45, 2.75) is 4.90 Å². The van der Waals surface area contributed by atoms with Crippen LogP contribution in [0.15, 0.2) is 23.1 Å². The number of rotatable bonds is 0. The quantitative estimate of drug-likeness (QED) is 0.661. The first-order valence-corrected chi connectivity index (χ1v) is 5.01. The fourth-order valence-electron chi connectivity index (χ4n) is 1.23. The first-order valence-electron chi connectivity index (χ1n) is 3.69. The maximum absolute atomic E-state index is 12.7. The third kappa shape index (κ3) is 1.22. The average molecular weight is 185 g/mol. The molecule has 0 saturated heterocycles. The fraction of sp³-hybridized carbons (Fsp3) is 0.250. The molecule has 2 rings (SSSR count). The minimum absolute atomic E-state index is 0.292. The fourth-order valence-corrected chi connectivity index (χ4v) is 2.33. The lowest BCUT2D eigenvalue weighted by atomic mass is 10.3. The van der Waals surface area contributed by atoms with Gasteiger partial charge in [0.05, 0.1) is 21.4 Å². The Morgan fingerprint density at radius 2 is 2.33 bits per heavy atom. The molecular formula is C8H8FNOS. The zero-order valence-electron chi connectivity index (χ0n) is 6.34. The number of benzene rings is 1. The number of nitrogens with one attached hydrogen (secondary N) is 1. The van der Waals surface area contributed by atoms with Gasteiger partial charge < -0.3 is 5.32 Å². The standard InChI is InChI=1S/C8H8FNOS/c9-6-1-2-8-7(5-6)10-3-4-12(8)11/h1-2,5,10H,3-4H2. The molecule has 1 unspecified atom stereocenters. The van der Waals surface area contributed by atoms with Gasteiger partial charge in [0, 0.05) is 12.3 Å². The van der Waals surface area contributed by atoms with Crippen LogP contribution in [0, 0.1) is 5.82 Å². The van der Waals surface area contributed by atoms with Gasteiger partial charge in [-0.1, -0.05) is 0 Å². The van der Waals surface area contributed by atoms with Gasteiger partial charge in [0.1, 0.15) is 5.82 Å². The molecule has 1 aromatic carbocycles. The van der Waals surface area contributed by atoms with E-state index in [1.54, 1.807) is 6.07 Å². The van der Waals surface area contributed by atoms with Crippen LogP contribution in [0.4, 0.5) is 10.1 Å². The number of hydrogen-bond acceptors (Lipinski definition) is 2. The molecule has 0 saturated carbocycles. The molecule has 0 aliphatic carbocycles. The Morgan fingerprint density at radius 3 is 3.17 bits per heavy atom. The molecule has 0 amide bonds. The second-order valence-electron chi connectivity index (χ2n) is 2.62. The summed E-state index contributed by atoms with van der Waals surface area (Å²) in [6.07, 6.45) is 0. The van der Waals surface area contributed by atoms with Gasteiger partial charge in [0.25, 0.3) is 0 Å². The van der Waals surface area contributed by atoms with Crippen molar-refractivity contribution in [2.75, 3.05) is 17.6 Å². The molecule has 1 atom stereocenters. The van der Waals surface area contributed by atoms with Crippen molar-refractivity contribution in [1.82, 2.24) is 0 Å². The summed E-state index contributed by atoms with van der Waals surface area (Å²) in [4.78, 5) is 0.711.